The minimum Gasteiger partial charge on any atom is -0.339 e. The van der Waals surface area contributed by atoms with Crippen LogP contribution in [0.4, 0.5) is 10.5 Å². The fraction of sp³-hybridized carbons (Fsp3) is 0.579. The van der Waals surface area contributed by atoms with Crippen LogP contribution in [0.15, 0.2) is 18.2 Å². The average Bonchev–Trinajstić information content (AvgIpc) is 3.35. The number of carbonyl (C=O) groups is 2. The molecule has 2 aliphatic rings. The first kappa shape index (κ1) is 16.8. The van der Waals surface area contributed by atoms with Crippen molar-refractivity contribution in [2.24, 2.45) is 5.92 Å². The number of nitrogens with zero attached hydrogens (tertiary/aromatic N) is 1. The lowest BCUT2D eigenvalue weighted by atomic mass is 10.1. The monoisotopic (exact) mass is 329 g/mol. The van der Waals surface area contributed by atoms with Crippen LogP contribution in [0.5, 0.6) is 0 Å². The average molecular weight is 329 g/mol. The molecular weight excluding hydrogens is 302 g/mol. The van der Waals surface area contributed by atoms with Gasteiger partial charge in [-0.15, -0.1) is 0 Å². The molecule has 3 rings (SSSR count). The number of amides is 3. The van der Waals surface area contributed by atoms with Crippen molar-refractivity contribution in [1.29, 1.82) is 0 Å². The molecule has 0 spiro atoms. The van der Waals surface area contributed by atoms with Crippen LogP contribution in [0, 0.1) is 5.92 Å². The molecule has 1 aliphatic carbocycles. The predicted molar refractivity (Wildman–Crippen MR) is 95.1 cm³/mol. The Balaban J connectivity index is 1.52. The maximum absolute atomic E-state index is 12.2. The van der Waals surface area contributed by atoms with Gasteiger partial charge < -0.3 is 15.5 Å². The second-order valence-corrected chi connectivity index (χ2v) is 6.88. The molecule has 2 fully saturated rings. The van der Waals surface area contributed by atoms with E-state index in [0.717, 1.165) is 43.5 Å². The summed E-state index contributed by atoms with van der Waals surface area (Å²) in [5.74, 6) is 0.477. The summed E-state index contributed by atoms with van der Waals surface area (Å²) in [5.41, 5.74) is 3.23. The Hall–Kier alpha value is -2.04. The van der Waals surface area contributed by atoms with Crippen LogP contribution in [0.25, 0.3) is 0 Å². The molecule has 0 aromatic heterocycles. The van der Waals surface area contributed by atoms with Crippen molar-refractivity contribution in [3.8, 4) is 0 Å². The van der Waals surface area contributed by atoms with Crippen LogP contribution < -0.4 is 10.6 Å². The van der Waals surface area contributed by atoms with E-state index in [4.69, 9.17) is 0 Å². The van der Waals surface area contributed by atoms with Gasteiger partial charge in [0.1, 0.15) is 0 Å². The Kier molecular flexibility index (Phi) is 5.07. The number of aryl methyl sites for hydroxylation is 2. The highest BCUT2D eigenvalue weighted by Crippen LogP contribution is 2.32. The van der Waals surface area contributed by atoms with Crippen LogP contribution in [-0.2, 0) is 17.6 Å². The summed E-state index contributed by atoms with van der Waals surface area (Å²) in [5, 5.41) is 5.90. The van der Waals surface area contributed by atoms with E-state index < -0.39 is 0 Å². The van der Waals surface area contributed by atoms with Crippen molar-refractivity contribution < 1.29 is 9.59 Å². The highest BCUT2D eigenvalue weighted by molar-refractivity contribution is 5.90. The van der Waals surface area contributed by atoms with Gasteiger partial charge in [0.2, 0.25) is 5.91 Å². The molecule has 1 aromatic carbocycles. The third kappa shape index (κ3) is 3.89. The normalized spacial score (nSPS) is 20.3. The van der Waals surface area contributed by atoms with Crippen molar-refractivity contribution >= 4 is 17.6 Å². The standard InChI is InChI=1S/C19H27N3O2/c1-3-13-5-6-15(4-2)17(9-13)21-19(24)20-11-14-10-18(23)22(12-14)16-7-8-16/h5-6,9,14,16H,3-4,7-8,10-12H2,1-2H3,(H2,20,21,24). The fourth-order valence-corrected chi connectivity index (χ4v) is 3.36. The van der Waals surface area contributed by atoms with Gasteiger partial charge in [0.15, 0.2) is 0 Å². The summed E-state index contributed by atoms with van der Waals surface area (Å²) >= 11 is 0. The zero-order chi connectivity index (χ0) is 17.1. The molecule has 2 N–H and O–H groups in total. The number of carbonyl (C=O) groups excluding carboxylic acids is 2. The number of anilines is 1. The van der Waals surface area contributed by atoms with Crippen LogP contribution in [0.1, 0.15) is 44.2 Å². The smallest absolute Gasteiger partial charge is 0.319 e. The third-order valence-corrected chi connectivity index (χ3v) is 4.99. The quantitative estimate of drug-likeness (QED) is 0.843. The number of likely N-dealkylation sites (tertiary alicyclic amines) is 1. The molecule has 1 saturated heterocycles. The van der Waals surface area contributed by atoms with E-state index in [1.165, 1.54) is 5.56 Å². The second-order valence-electron chi connectivity index (χ2n) is 6.88. The Morgan fingerprint density at radius 2 is 2.04 bits per heavy atom. The van der Waals surface area contributed by atoms with Crippen molar-refractivity contribution in [2.75, 3.05) is 18.4 Å². The van der Waals surface area contributed by atoms with Gasteiger partial charge in [0.25, 0.3) is 0 Å². The number of urea groups is 1. The summed E-state index contributed by atoms with van der Waals surface area (Å²) in [6, 6.07) is 6.53. The highest BCUT2D eigenvalue weighted by Gasteiger charge is 2.39. The van der Waals surface area contributed by atoms with Gasteiger partial charge in [-0.25, -0.2) is 4.79 Å². The first-order valence-electron chi connectivity index (χ1n) is 9.06. The largest absolute Gasteiger partial charge is 0.339 e. The molecule has 1 saturated carbocycles. The van der Waals surface area contributed by atoms with E-state index >= 15 is 0 Å². The lowest BCUT2D eigenvalue weighted by molar-refractivity contribution is -0.128. The molecule has 5 heteroatoms. The van der Waals surface area contributed by atoms with Gasteiger partial charge in [-0.05, 0) is 42.9 Å². The first-order valence-corrected chi connectivity index (χ1v) is 9.06. The van der Waals surface area contributed by atoms with E-state index in [-0.39, 0.29) is 17.9 Å². The van der Waals surface area contributed by atoms with Gasteiger partial charge in [-0.1, -0.05) is 26.0 Å². The van der Waals surface area contributed by atoms with E-state index in [9.17, 15) is 9.59 Å². The van der Waals surface area contributed by atoms with Crippen molar-refractivity contribution in [1.82, 2.24) is 10.2 Å². The first-order chi connectivity index (χ1) is 11.6. The second kappa shape index (κ2) is 7.24. The van der Waals surface area contributed by atoms with E-state index in [1.54, 1.807) is 0 Å². The van der Waals surface area contributed by atoms with Crippen LogP contribution in [-0.4, -0.2) is 36.0 Å². The van der Waals surface area contributed by atoms with Crippen molar-refractivity contribution in [3.63, 3.8) is 0 Å². The maximum Gasteiger partial charge on any atom is 0.319 e. The Morgan fingerprint density at radius 1 is 1.25 bits per heavy atom. The molecule has 24 heavy (non-hydrogen) atoms. The number of hydrogen-bond donors (Lipinski definition) is 2. The summed E-state index contributed by atoms with van der Waals surface area (Å²) in [4.78, 5) is 26.2. The van der Waals surface area contributed by atoms with E-state index in [1.807, 2.05) is 11.0 Å². The van der Waals surface area contributed by atoms with Gasteiger partial charge in [-0.3, -0.25) is 4.79 Å². The van der Waals surface area contributed by atoms with Gasteiger partial charge in [-0.2, -0.15) is 0 Å². The van der Waals surface area contributed by atoms with Crippen LogP contribution in [0.3, 0.4) is 0 Å². The summed E-state index contributed by atoms with van der Waals surface area (Å²) < 4.78 is 0. The minimum atomic E-state index is -0.185. The molecule has 1 atom stereocenters. The zero-order valence-electron chi connectivity index (χ0n) is 14.6. The molecule has 0 bridgehead atoms. The molecule has 1 unspecified atom stereocenters. The Morgan fingerprint density at radius 3 is 2.71 bits per heavy atom. The summed E-state index contributed by atoms with van der Waals surface area (Å²) in [7, 11) is 0. The molecule has 1 heterocycles. The molecule has 1 aromatic rings. The molecule has 3 amide bonds. The van der Waals surface area contributed by atoms with E-state index in [2.05, 4.69) is 36.6 Å². The molecule has 130 valence electrons. The molecular formula is C19H27N3O2. The summed E-state index contributed by atoms with van der Waals surface area (Å²) in [6.07, 6.45) is 4.66. The Bertz CT molecular complexity index is 625. The SMILES string of the molecule is CCc1ccc(CC)c(NC(=O)NCC2CC(=O)N(C3CC3)C2)c1. The van der Waals surface area contributed by atoms with Crippen molar-refractivity contribution in [2.45, 2.75) is 52.0 Å². The van der Waals surface area contributed by atoms with Gasteiger partial charge in [0.05, 0.1) is 0 Å². The molecule has 5 nitrogen and oxygen atoms in total. The van der Waals surface area contributed by atoms with E-state index in [0.29, 0.717) is 19.0 Å². The number of rotatable bonds is 6. The minimum absolute atomic E-state index is 0.185. The van der Waals surface area contributed by atoms with Crippen molar-refractivity contribution in [3.05, 3.63) is 29.3 Å². The number of hydrogen-bond acceptors (Lipinski definition) is 2. The number of benzene rings is 1. The topological polar surface area (TPSA) is 61.4 Å². The fourth-order valence-electron chi connectivity index (χ4n) is 3.36. The lowest BCUT2D eigenvalue weighted by Gasteiger charge is -2.16. The third-order valence-electron chi connectivity index (χ3n) is 4.99. The molecule has 0 radical (unpaired) electrons. The van der Waals surface area contributed by atoms with Crippen LogP contribution >= 0.6 is 0 Å². The Labute approximate surface area is 143 Å². The maximum atomic E-state index is 12.2. The summed E-state index contributed by atoms with van der Waals surface area (Å²) in [6.45, 7) is 5.53. The zero-order valence-corrected chi connectivity index (χ0v) is 14.6. The van der Waals surface area contributed by atoms with Gasteiger partial charge in [0, 0.05) is 37.2 Å². The molecule has 1 aliphatic heterocycles. The lowest BCUT2D eigenvalue weighted by Crippen LogP contribution is -2.34. The highest BCUT2D eigenvalue weighted by atomic mass is 16.2. The predicted octanol–water partition coefficient (Wildman–Crippen LogP) is 2.94. The van der Waals surface area contributed by atoms with Crippen LogP contribution in [0.2, 0.25) is 0 Å². The number of nitrogens with one attached hydrogen (secondary N) is 2. The van der Waals surface area contributed by atoms with Gasteiger partial charge >= 0.3 is 6.03 Å².